The Bertz CT molecular complexity index is 242. The molecule has 0 unspecified atom stereocenters. The van der Waals surface area contributed by atoms with Gasteiger partial charge in [-0.2, -0.15) is 11.8 Å². The third-order valence-corrected chi connectivity index (χ3v) is 3.17. The van der Waals surface area contributed by atoms with Crippen LogP contribution in [0, 0.1) is 0 Å². The van der Waals surface area contributed by atoms with Crippen molar-refractivity contribution in [1.82, 2.24) is 10.6 Å². The van der Waals surface area contributed by atoms with E-state index in [0.29, 0.717) is 19.4 Å². The maximum absolute atomic E-state index is 11.5. The Kier molecular flexibility index (Phi) is 6.96. The summed E-state index contributed by atoms with van der Waals surface area (Å²) in [6.45, 7) is 4.04. The molecule has 0 aromatic heterocycles. The summed E-state index contributed by atoms with van der Waals surface area (Å²) >= 11 is 1.62. The van der Waals surface area contributed by atoms with Crippen molar-refractivity contribution in [2.45, 2.75) is 32.2 Å². The number of urea groups is 1. The molecule has 0 aliphatic carbocycles. The number of hydrogen-bond donors (Lipinski definition) is 3. The Morgan fingerprint density at radius 2 is 1.88 bits per heavy atom. The fourth-order valence-electron chi connectivity index (χ4n) is 1.31. The third-order valence-electron chi connectivity index (χ3n) is 2.56. The number of carbonyl (C=O) groups is 2. The molecule has 3 N–H and O–H groups in total. The molecule has 0 radical (unpaired) electrons. The van der Waals surface area contributed by atoms with Gasteiger partial charge in [0, 0.05) is 12.3 Å². The summed E-state index contributed by atoms with van der Waals surface area (Å²) in [6.07, 6.45) is 2.68. The van der Waals surface area contributed by atoms with Gasteiger partial charge in [-0.15, -0.1) is 0 Å². The van der Waals surface area contributed by atoms with Crippen LogP contribution >= 0.6 is 11.8 Å². The molecule has 0 heterocycles. The van der Waals surface area contributed by atoms with Gasteiger partial charge in [0.15, 0.2) is 0 Å². The van der Waals surface area contributed by atoms with Gasteiger partial charge in [0.2, 0.25) is 0 Å². The van der Waals surface area contributed by atoms with Crippen molar-refractivity contribution in [1.29, 1.82) is 0 Å². The average molecular weight is 248 g/mol. The Morgan fingerprint density at radius 1 is 1.31 bits per heavy atom. The quantitative estimate of drug-likeness (QED) is 0.593. The first-order chi connectivity index (χ1) is 7.52. The predicted octanol–water partition coefficient (Wildman–Crippen LogP) is 1.29. The highest BCUT2D eigenvalue weighted by atomic mass is 32.2. The van der Waals surface area contributed by atoms with Crippen LogP contribution in [0.15, 0.2) is 0 Å². The lowest BCUT2D eigenvalue weighted by molar-refractivity contribution is -0.144. The maximum Gasteiger partial charge on any atom is 0.329 e. The van der Waals surface area contributed by atoms with Gasteiger partial charge in [0.1, 0.15) is 5.54 Å². The number of carboxylic acids is 1. The monoisotopic (exact) mass is 248 g/mol. The van der Waals surface area contributed by atoms with Gasteiger partial charge in [0.05, 0.1) is 0 Å². The van der Waals surface area contributed by atoms with Crippen LogP contribution in [0.1, 0.15) is 26.7 Å². The number of aliphatic carboxylic acids is 1. The Morgan fingerprint density at radius 3 is 2.25 bits per heavy atom. The summed E-state index contributed by atoms with van der Waals surface area (Å²) in [6, 6.07) is -0.417. The lowest BCUT2D eigenvalue weighted by atomic mass is 9.93. The second-order valence-electron chi connectivity index (χ2n) is 3.47. The predicted molar refractivity (Wildman–Crippen MR) is 65.9 cm³/mol. The van der Waals surface area contributed by atoms with E-state index in [1.165, 1.54) is 0 Å². The number of thioether (sulfide) groups is 1. The molecule has 0 saturated heterocycles. The van der Waals surface area contributed by atoms with E-state index in [0.717, 1.165) is 5.75 Å². The number of carbonyl (C=O) groups excluding carboxylic acids is 1. The highest BCUT2D eigenvalue weighted by Crippen LogP contribution is 2.14. The molecule has 6 heteroatoms. The van der Waals surface area contributed by atoms with Gasteiger partial charge in [-0.25, -0.2) is 9.59 Å². The Balaban J connectivity index is 4.29. The second-order valence-corrected chi connectivity index (χ2v) is 4.45. The van der Waals surface area contributed by atoms with Crippen LogP contribution in [-0.4, -0.2) is 41.2 Å². The van der Waals surface area contributed by atoms with Crippen LogP contribution in [0.25, 0.3) is 0 Å². The van der Waals surface area contributed by atoms with Crippen molar-refractivity contribution in [3.8, 4) is 0 Å². The highest BCUT2D eigenvalue weighted by Gasteiger charge is 2.36. The zero-order valence-electron chi connectivity index (χ0n) is 10.0. The maximum atomic E-state index is 11.5. The molecule has 94 valence electrons. The van der Waals surface area contributed by atoms with Crippen LogP contribution in [0.4, 0.5) is 4.79 Å². The first kappa shape index (κ1) is 15.1. The lowest BCUT2D eigenvalue weighted by Crippen LogP contribution is -2.56. The standard InChI is InChI=1S/C10H20N2O3S/c1-4-10(5-2,8(13)14)12-9(15)11-6-7-16-3/h4-7H2,1-3H3,(H,13,14)(H2,11,12,15). The van der Waals surface area contributed by atoms with Crippen LogP contribution < -0.4 is 10.6 Å². The van der Waals surface area contributed by atoms with E-state index in [2.05, 4.69) is 10.6 Å². The average Bonchev–Trinajstić information content (AvgIpc) is 2.26. The van der Waals surface area contributed by atoms with Crippen molar-refractivity contribution < 1.29 is 14.7 Å². The van der Waals surface area contributed by atoms with E-state index >= 15 is 0 Å². The number of rotatable bonds is 7. The van der Waals surface area contributed by atoms with Crippen molar-refractivity contribution in [3.05, 3.63) is 0 Å². The number of amides is 2. The van der Waals surface area contributed by atoms with Gasteiger partial charge < -0.3 is 15.7 Å². The van der Waals surface area contributed by atoms with E-state index in [1.54, 1.807) is 25.6 Å². The van der Waals surface area contributed by atoms with Crippen molar-refractivity contribution in [2.75, 3.05) is 18.6 Å². The largest absolute Gasteiger partial charge is 0.480 e. The number of carboxylic acid groups (broad SMARTS) is 1. The normalized spacial score (nSPS) is 10.9. The molecular weight excluding hydrogens is 228 g/mol. The highest BCUT2D eigenvalue weighted by molar-refractivity contribution is 7.98. The Hall–Kier alpha value is -0.910. The minimum absolute atomic E-state index is 0.370. The summed E-state index contributed by atoms with van der Waals surface area (Å²) in [7, 11) is 0. The fourth-order valence-corrected chi connectivity index (χ4v) is 1.62. The molecule has 0 spiro atoms. The van der Waals surface area contributed by atoms with Crippen molar-refractivity contribution >= 4 is 23.8 Å². The van der Waals surface area contributed by atoms with E-state index in [1.807, 2.05) is 6.26 Å². The van der Waals surface area contributed by atoms with Gasteiger partial charge in [-0.1, -0.05) is 13.8 Å². The van der Waals surface area contributed by atoms with Crippen molar-refractivity contribution in [3.63, 3.8) is 0 Å². The van der Waals surface area contributed by atoms with E-state index in [-0.39, 0.29) is 0 Å². The first-order valence-electron chi connectivity index (χ1n) is 5.30. The summed E-state index contributed by atoms with van der Waals surface area (Å²) in [5.41, 5.74) is -1.15. The summed E-state index contributed by atoms with van der Waals surface area (Å²) in [5.74, 6) is -0.177. The van der Waals surface area contributed by atoms with E-state index in [4.69, 9.17) is 5.11 Å². The zero-order valence-corrected chi connectivity index (χ0v) is 10.8. The molecule has 5 nitrogen and oxygen atoms in total. The smallest absolute Gasteiger partial charge is 0.329 e. The molecule has 0 bridgehead atoms. The van der Waals surface area contributed by atoms with Crippen LogP contribution in [0.3, 0.4) is 0 Å². The van der Waals surface area contributed by atoms with Crippen molar-refractivity contribution in [2.24, 2.45) is 0 Å². The number of hydrogen-bond acceptors (Lipinski definition) is 3. The molecule has 2 amide bonds. The molecule has 0 aromatic rings. The Labute approximate surface area is 100 Å². The molecule has 16 heavy (non-hydrogen) atoms. The van der Waals surface area contributed by atoms with Crippen LogP contribution in [0.5, 0.6) is 0 Å². The molecule has 0 rings (SSSR count). The summed E-state index contributed by atoms with van der Waals surface area (Å²) in [5, 5.41) is 14.3. The topological polar surface area (TPSA) is 78.4 Å². The molecule has 0 saturated carbocycles. The molecule has 0 atom stereocenters. The SMILES string of the molecule is CCC(CC)(NC(=O)NCCSC)C(=O)O. The van der Waals surface area contributed by atoms with Gasteiger partial charge >= 0.3 is 12.0 Å². The van der Waals surface area contributed by atoms with Crippen LogP contribution in [0.2, 0.25) is 0 Å². The molecule has 0 fully saturated rings. The van der Waals surface area contributed by atoms with Gasteiger partial charge in [0.25, 0.3) is 0 Å². The fraction of sp³-hybridized carbons (Fsp3) is 0.800. The molecule has 0 aliphatic heterocycles. The zero-order chi connectivity index (χ0) is 12.6. The lowest BCUT2D eigenvalue weighted by Gasteiger charge is -2.28. The second kappa shape index (κ2) is 7.38. The van der Waals surface area contributed by atoms with Gasteiger partial charge in [-0.05, 0) is 19.1 Å². The third kappa shape index (κ3) is 4.30. The molecular formula is C10H20N2O3S. The minimum Gasteiger partial charge on any atom is -0.480 e. The van der Waals surface area contributed by atoms with E-state index < -0.39 is 17.5 Å². The summed E-state index contributed by atoms with van der Waals surface area (Å²) < 4.78 is 0. The van der Waals surface area contributed by atoms with Gasteiger partial charge in [-0.3, -0.25) is 0 Å². The molecule has 0 aromatic carbocycles. The van der Waals surface area contributed by atoms with Crippen LogP contribution in [-0.2, 0) is 4.79 Å². The van der Waals surface area contributed by atoms with E-state index in [9.17, 15) is 9.59 Å². The summed E-state index contributed by atoms with van der Waals surface area (Å²) in [4.78, 5) is 22.6. The molecule has 0 aliphatic rings. The number of nitrogens with one attached hydrogen (secondary N) is 2. The first-order valence-corrected chi connectivity index (χ1v) is 6.70. The minimum atomic E-state index is -1.15.